The lowest BCUT2D eigenvalue weighted by molar-refractivity contribution is -0.119. The maximum Gasteiger partial charge on any atom is 0.263 e. The van der Waals surface area contributed by atoms with Crippen LogP contribution in [0.25, 0.3) is 21.3 Å². The largest absolute Gasteiger partial charge is 0.326 e. The topological polar surface area (TPSA) is 93.1 Å². The molecule has 0 aliphatic rings. The second-order valence-corrected chi connectivity index (χ2v) is 8.87. The van der Waals surface area contributed by atoms with Crippen molar-refractivity contribution < 1.29 is 9.59 Å². The molecule has 7 nitrogen and oxygen atoms in total. The molecule has 0 aliphatic heterocycles. The minimum Gasteiger partial charge on any atom is -0.326 e. The Morgan fingerprint density at radius 3 is 2.24 bits per heavy atom. The van der Waals surface area contributed by atoms with Crippen molar-refractivity contribution in [2.75, 3.05) is 10.6 Å². The van der Waals surface area contributed by atoms with Crippen molar-refractivity contribution in [3.63, 3.8) is 0 Å². The molecule has 2 aromatic carbocycles. The third kappa shape index (κ3) is 4.77. The lowest BCUT2D eigenvalue weighted by Gasteiger charge is -2.18. The van der Waals surface area contributed by atoms with Gasteiger partial charge in [0.15, 0.2) is 0 Å². The second kappa shape index (κ2) is 10.0. The molecule has 1 unspecified atom stereocenters. The fourth-order valence-electron chi connectivity index (χ4n) is 3.87. The number of carbonyl (C=O) groups excluding carboxylic acids is 2. The van der Waals surface area contributed by atoms with E-state index in [2.05, 4.69) is 34.7 Å². The van der Waals surface area contributed by atoms with Gasteiger partial charge in [-0.25, -0.2) is 4.98 Å². The zero-order valence-electron chi connectivity index (χ0n) is 19.3. The molecule has 8 heteroatoms. The van der Waals surface area contributed by atoms with Gasteiger partial charge in [0.05, 0.1) is 11.7 Å². The highest BCUT2D eigenvalue weighted by atomic mass is 32.1. The molecule has 1 atom stereocenters. The average Bonchev–Trinajstić information content (AvgIpc) is 3.27. The first-order valence-electron chi connectivity index (χ1n) is 11.2. The molecular weight excluding hydrogens is 448 g/mol. The van der Waals surface area contributed by atoms with Crippen molar-refractivity contribution >= 4 is 44.7 Å². The van der Waals surface area contributed by atoms with Crippen molar-refractivity contribution in [1.29, 1.82) is 0 Å². The number of fused-ring (bicyclic) bond motifs is 1. The molecule has 2 aromatic heterocycles. The van der Waals surface area contributed by atoms with Gasteiger partial charge in [-0.1, -0.05) is 38.1 Å². The average molecular weight is 475 g/mol. The zero-order valence-corrected chi connectivity index (χ0v) is 20.1. The van der Waals surface area contributed by atoms with E-state index in [1.54, 1.807) is 24.3 Å². The predicted octanol–water partition coefficient (Wildman–Crippen LogP) is 5.24. The van der Waals surface area contributed by atoms with E-state index < -0.39 is 6.04 Å². The van der Waals surface area contributed by atoms with Crippen LogP contribution in [0.15, 0.2) is 65.0 Å². The Balaban J connectivity index is 1.64. The van der Waals surface area contributed by atoms with Gasteiger partial charge in [-0.2, -0.15) is 0 Å². The zero-order chi connectivity index (χ0) is 24.2. The van der Waals surface area contributed by atoms with Crippen LogP contribution in [0.5, 0.6) is 0 Å². The number of aromatic nitrogens is 2. The number of anilines is 2. The molecule has 0 saturated carbocycles. The molecule has 2 heterocycles. The standard InChI is InChI=1S/C26H26N4O3S/c1-4-17-6-8-18(9-7-17)21-14-34-25-23(21)26(33)30(15-27-25)22(5-2)24(32)29-20-12-10-19(11-13-20)28-16(3)31/h6-15,22H,4-5H2,1-3H3,(H,28,31)(H,29,32). The van der Waals surface area contributed by atoms with Gasteiger partial charge in [-0.3, -0.25) is 19.0 Å². The van der Waals surface area contributed by atoms with Gasteiger partial charge in [0.1, 0.15) is 10.9 Å². The summed E-state index contributed by atoms with van der Waals surface area (Å²) in [5.74, 6) is -0.471. The van der Waals surface area contributed by atoms with E-state index in [0.717, 1.165) is 17.5 Å². The Labute approximate surface area is 201 Å². The summed E-state index contributed by atoms with van der Waals surface area (Å²) in [5, 5.41) is 8.03. The number of carbonyl (C=O) groups is 2. The number of nitrogens with zero attached hydrogens (tertiary/aromatic N) is 2. The molecule has 0 bridgehead atoms. The molecule has 0 spiro atoms. The summed E-state index contributed by atoms with van der Waals surface area (Å²) in [6.45, 7) is 5.40. The van der Waals surface area contributed by atoms with Gasteiger partial charge < -0.3 is 10.6 Å². The van der Waals surface area contributed by atoms with E-state index in [4.69, 9.17) is 0 Å². The van der Waals surface area contributed by atoms with Crippen molar-refractivity contribution in [1.82, 2.24) is 9.55 Å². The van der Waals surface area contributed by atoms with Crippen LogP contribution in [0.2, 0.25) is 0 Å². The fourth-order valence-corrected chi connectivity index (χ4v) is 4.78. The van der Waals surface area contributed by atoms with E-state index in [1.807, 2.05) is 24.4 Å². The van der Waals surface area contributed by atoms with E-state index in [-0.39, 0.29) is 17.4 Å². The number of hydrogen-bond donors (Lipinski definition) is 2. The summed E-state index contributed by atoms with van der Waals surface area (Å²) in [6, 6.07) is 14.3. The molecule has 2 N–H and O–H groups in total. The van der Waals surface area contributed by atoms with Crippen LogP contribution >= 0.6 is 11.3 Å². The van der Waals surface area contributed by atoms with Gasteiger partial charge in [-0.15, -0.1) is 11.3 Å². The monoisotopic (exact) mass is 474 g/mol. The normalized spacial score (nSPS) is 11.9. The molecule has 34 heavy (non-hydrogen) atoms. The molecule has 2 amide bonds. The Hall–Kier alpha value is -3.78. The van der Waals surface area contributed by atoms with Crippen LogP contribution in [0.4, 0.5) is 11.4 Å². The maximum atomic E-state index is 13.5. The van der Waals surface area contributed by atoms with Crippen molar-refractivity contribution in [3.05, 3.63) is 76.2 Å². The van der Waals surface area contributed by atoms with E-state index in [9.17, 15) is 14.4 Å². The summed E-state index contributed by atoms with van der Waals surface area (Å²) in [7, 11) is 0. The molecule has 4 aromatic rings. The first-order valence-corrected chi connectivity index (χ1v) is 12.0. The van der Waals surface area contributed by atoms with Gasteiger partial charge >= 0.3 is 0 Å². The number of amides is 2. The third-order valence-corrected chi connectivity index (χ3v) is 6.58. The molecule has 4 rings (SSSR count). The number of thiophene rings is 1. The molecule has 0 saturated heterocycles. The summed E-state index contributed by atoms with van der Waals surface area (Å²) >= 11 is 1.42. The van der Waals surface area contributed by atoms with E-state index in [1.165, 1.54) is 34.7 Å². The van der Waals surface area contributed by atoms with Crippen LogP contribution in [0, 0.1) is 0 Å². The molecule has 0 fully saturated rings. The summed E-state index contributed by atoms with van der Waals surface area (Å²) in [4.78, 5) is 42.9. The van der Waals surface area contributed by atoms with Crippen LogP contribution in [-0.4, -0.2) is 21.4 Å². The van der Waals surface area contributed by atoms with Crippen molar-refractivity contribution in [2.24, 2.45) is 0 Å². The van der Waals surface area contributed by atoms with Gasteiger partial charge in [-0.05, 0) is 48.2 Å². The SMILES string of the molecule is CCc1ccc(-c2csc3ncn(C(CC)C(=O)Nc4ccc(NC(C)=O)cc4)c(=O)c23)cc1. The van der Waals surface area contributed by atoms with Crippen molar-refractivity contribution in [3.8, 4) is 11.1 Å². The lowest BCUT2D eigenvalue weighted by Crippen LogP contribution is -2.33. The predicted molar refractivity (Wildman–Crippen MR) is 137 cm³/mol. The van der Waals surface area contributed by atoms with Crippen LogP contribution in [-0.2, 0) is 16.0 Å². The second-order valence-electron chi connectivity index (χ2n) is 8.01. The summed E-state index contributed by atoms with van der Waals surface area (Å²) in [5.41, 5.74) is 4.00. The highest BCUT2D eigenvalue weighted by molar-refractivity contribution is 7.17. The molecule has 0 aliphatic carbocycles. The molecule has 0 radical (unpaired) electrons. The summed E-state index contributed by atoms with van der Waals surface area (Å²) < 4.78 is 1.42. The van der Waals surface area contributed by atoms with Crippen LogP contribution < -0.4 is 16.2 Å². The Bertz CT molecular complexity index is 1390. The summed E-state index contributed by atoms with van der Waals surface area (Å²) in [6.07, 6.45) is 2.83. The fraction of sp³-hybridized carbons (Fsp3) is 0.231. The smallest absolute Gasteiger partial charge is 0.263 e. The quantitative estimate of drug-likeness (QED) is 0.383. The van der Waals surface area contributed by atoms with Crippen LogP contribution in [0.1, 0.15) is 38.8 Å². The van der Waals surface area contributed by atoms with E-state index in [0.29, 0.717) is 28.0 Å². The van der Waals surface area contributed by atoms with Gasteiger partial charge in [0.25, 0.3) is 5.56 Å². The third-order valence-electron chi connectivity index (χ3n) is 5.69. The Kier molecular flexibility index (Phi) is 6.88. The number of hydrogen-bond acceptors (Lipinski definition) is 5. The number of rotatable bonds is 7. The van der Waals surface area contributed by atoms with Gasteiger partial charge in [0, 0.05) is 29.2 Å². The van der Waals surface area contributed by atoms with E-state index >= 15 is 0 Å². The molecular formula is C26H26N4O3S. The highest BCUT2D eigenvalue weighted by Gasteiger charge is 2.23. The minimum atomic E-state index is -0.713. The van der Waals surface area contributed by atoms with Gasteiger partial charge in [0.2, 0.25) is 11.8 Å². The number of nitrogens with one attached hydrogen (secondary N) is 2. The molecule has 174 valence electrons. The first-order chi connectivity index (χ1) is 16.4. The minimum absolute atomic E-state index is 0.167. The number of benzene rings is 2. The highest BCUT2D eigenvalue weighted by Crippen LogP contribution is 2.31. The Morgan fingerprint density at radius 1 is 1.00 bits per heavy atom. The maximum absolute atomic E-state index is 13.5. The van der Waals surface area contributed by atoms with Crippen LogP contribution in [0.3, 0.4) is 0 Å². The number of aryl methyl sites for hydroxylation is 1. The Morgan fingerprint density at radius 2 is 1.65 bits per heavy atom. The lowest BCUT2D eigenvalue weighted by atomic mass is 10.0. The first kappa shape index (κ1) is 23.4. The van der Waals surface area contributed by atoms with Crippen molar-refractivity contribution in [2.45, 2.75) is 39.7 Å².